The summed E-state index contributed by atoms with van der Waals surface area (Å²) in [6.07, 6.45) is 1.12. The third-order valence-electron chi connectivity index (χ3n) is 4.54. The summed E-state index contributed by atoms with van der Waals surface area (Å²) in [6, 6.07) is 5.51. The quantitative estimate of drug-likeness (QED) is 0.824. The van der Waals surface area contributed by atoms with Crippen LogP contribution in [0.3, 0.4) is 0 Å². The summed E-state index contributed by atoms with van der Waals surface area (Å²) in [5.41, 5.74) is 0.513. The van der Waals surface area contributed by atoms with Crippen LogP contribution in [0.4, 0.5) is 14.9 Å². The summed E-state index contributed by atoms with van der Waals surface area (Å²) in [7, 11) is 0. The van der Waals surface area contributed by atoms with Crippen molar-refractivity contribution in [1.29, 1.82) is 0 Å². The van der Waals surface area contributed by atoms with E-state index < -0.39 is 0 Å². The molecule has 0 atom stereocenters. The molecule has 0 spiro atoms. The Morgan fingerprint density at radius 2 is 1.85 bits per heavy atom. The van der Waals surface area contributed by atoms with Gasteiger partial charge in [0, 0.05) is 44.7 Å². The van der Waals surface area contributed by atoms with Crippen LogP contribution in [0.1, 0.15) is 33.1 Å². The van der Waals surface area contributed by atoms with Crippen molar-refractivity contribution in [1.82, 2.24) is 9.80 Å². The van der Waals surface area contributed by atoms with E-state index in [1.807, 2.05) is 0 Å². The van der Waals surface area contributed by atoms with E-state index in [0.29, 0.717) is 44.8 Å². The van der Waals surface area contributed by atoms with Crippen molar-refractivity contribution in [3.05, 3.63) is 30.1 Å². The molecular weight excluding hydrogens is 353 g/mol. The van der Waals surface area contributed by atoms with Crippen LogP contribution in [-0.2, 0) is 14.3 Å². The molecule has 1 saturated heterocycles. The highest BCUT2D eigenvalue weighted by Gasteiger charge is 2.29. The van der Waals surface area contributed by atoms with E-state index in [-0.39, 0.29) is 36.2 Å². The number of nitrogens with one attached hydrogen (secondary N) is 1. The third kappa shape index (κ3) is 6.23. The number of piperidine rings is 1. The van der Waals surface area contributed by atoms with E-state index in [1.165, 1.54) is 31.2 Å². The van der Waals surface area contributed by atoms with Crippen molar-refractivity contribution in [3.8, 4) is 0 Å². The molecule has 7 nitrogen and oxygen atoms in total. The lowest BCUT2D eigenvalue weighted by Gasteiger charge is -2.37. The number of likely N-dealkylation sites (tertiary alicyclic amines) is 1. The zero-order chi connectivity index (χ0) is 19.8. The van der Waals surface area contributed by atoms with Crippen molar-refractivity contribution in [2.24, 2.45) is 0 Å². The van der Waals surface area contributed by atoms with E-state index >= 15 is 0 Å². The average molecular weight is 379 g/mol. The van der Waals surface area contributed by atoms with Gasteiger partial charge in [0.05, 0.1) is 6.61 Å². The lowest BCUT2D eigenvalue weighted by molar-refractivity contribution is -0.132. The predicted octanol–water partition coefficient (Wildman–Crippen LogP) is 2.62. The molecule has 1 heterocycles. The normalized spacial score (nSPS) is 14.6. The first-order valence-corrected chi connectivity index (χ1v) is 9.15. The van der Waals surface area contributed by atoms with Gasteiger partial charge in [-0.3, -0.25) is 9.59 Å². The van der Waals surface area contributed by atoms with E-state index in [2.05, 4.69) is 5.32 Å². The van der Waals surface area contributed by atoms with E-state index in [1.54, 1.807) is 16.7 Å². The van der Waals surface area contributed by atoms with Gasteiger partial charge in [0.1, 0.15) is 5.82 Å². The molecule has 0 radical (unpaired) electrons. The van der Waals surface area contributed by atoms with E-state index in [0.717, 1.165) is 0 Å². The van der Waals surface area contributed by atoms with E-state index in [4.69, 9.17) is 4.74 Å². The number of hydrogen-bond donors (Lipinski definition) is 1. The van der Waals surface area contributed by atoms with Crippen molar-refractivity contribution >= 4 is 23.6 Å². The number of hydrogen-bond acceptors (Lipinski definition) is 4. The standard InChI is InChI=1S/C19H26FN3O4/c1-3-27-19(26)22-11-8-17(9-12-22)23(14(2)24)13-10-18(25)21-16-6-4-15(20)5-7-16/h4-7,17H,3,8-13H2,1-2H3,(H,21,25). The van der Waals surface area contributed by atoms with Crippen LogP contribution in [0.25, 0.3) is 0 Å². The molecule has 0 saturated carbocycles. The van der Waals surface area contributed by atoms with Crippen molar-refractivity contribution < 1.29 is 23.5 Å². The Labute approximate surface area is 158 Å². The number of anilines is 1. The molecule has 1 fully saturated rings. The lowest BCUT2D eigenvalue weighted by Crippen LogP contribution is -2.49. The molecule has 0 bridgehead atoms. The van der Waals surface area contributed by atoms with Gasteiger partial charge in [0.2, 0.25) is 11.8 Å². The Kier molecular flexibility index (Phi) is 7.57. The highest BCUT2D eigenvalue weighted by molar-refractivity contribution is 5.91. The van der Waals surface area contributed by atoms with E-state index in [9.17, 15) is 18.8 Å². The number of carbonyl (C=O) groups is 3. The fourth-order valence-corrected chi connectivity index (χ4v) is 3.15. The minimum atomic E-state index is -0.370. The smallest absolute Gasteiger partial charge is 0.409 e. The third-order valence-corrected chi connectivity index (χ3v) is 4.54. The number of amides is 3. The molecule has 1 aromatic carbocycles. The SMILES string of the molecule is CCOC(=O)N1CCC(N(CCC(=O)Nc2ccc(F)cc2)C(C)=O)CC1. The number of ether oxygens (including phenoxy) is 1. The molecule has 0 unspecified atom stereocenters. The lowest BCUT2D eigenvalue weighted by atomic mass is 10.0. The van der Waals surface area contributed by atoms with Crippen molar-refractivity contribution in [3.63, 3.8) is 0 Å². The second-order valence-corrected chi connectivity index (χ2v) is 6.43. The molecule has 1 aromatic rings. The van der Waals surface area contributed by atoms with Crippen LogP contribution in [0.5, 0.6) is 0 Å². The van der Waals surface area contributed by atoms with Gasteiger partial charge in [-0.2, -0.15) is 0 Å². The first-order chi connectivity index (χ1) is 12.9. The summed E-state index contributed by atoms with van der Waals surface area (Å²) < 4.78 is 17.9. The first kappa shape index (κ1) is 20.7. The molecule has 1 aliphatic rings. The molecule has 3 amide bonds. The van der Waals surface area contributed by atoms with Crippen LogP contribution >= 0.6 is 0 Å². The molecule has 8 heteroatoms. The van der Waals surface area contributed by atoms with Gasteiger partial charge in [-0.1, -0.05) is 0 Å². The Morgan fingerprint density at radius 3 is 2.41 bits per heavy atom. The first-order valence-electron chi connectivity index (χ1n) is 9.15. The fraction of sp³-hybridized carbons (Fsp3) is 0.526. The highest BCUT2D eigenvalue weighted by atomic mass is 19.1. The number of benzene rings is 1. The number of nitrogens with zero attached hydrogens (tertiary/aromatic N) is 2. The fourth-order valence-electron chi connectivity index (χ4n) is 3.15. The minimum absolute atomic E-state index is 0.00759. The molecule has 1 aliphatic heterocycles. The van der Waals surface area contributed by atoms with Gasteiger partial charge in [-0.05, 0) is 44.0 Å². The molecule has 1 N–H and O–H groups in total. The Hall–Kier alpha value is -2.64. The number of carbonyl (C=O) groups excluding carboxylic acids is 3. The highest BCUT2D eigenvalue weighted by Crippen LogP contribution is 2.18. The zero-order valence-electron chi connectivity index (χ0n) is 15.7. The van der Waals surface area contributed by atoms with Gasteiger partial charge in [-0.15, -0.1) is 0 Å². The van der Waals surface area contributed by atoms with Gasteiger partial charge >= 0.3 is 6.09 Å². The molecule has 2 rings (SSSR count). The van der Waals surface area contributed by atoms with Gasteiger partial charge < -0.3 is 19.9 Å². The Bertz CT molecular complexity index is 657. The van der Waals surface area contributed by atoms with Crippen LogP contribution in [0, 0.1) is 5.82 Å². The summed E-state index contributed by atoms with van der Waals surface area (Å²) in [4.78, 5) is 39.2. The minimum Gasteiger partial charge on any atom is -0.450 e. The molecule has 148 valence electrons. The summed E-state index contributed by atoms with van der Waals surface area (Å²) in [6.45, 7) is 4.92. The summed E-state index contributed by atoms with van der Waals surface area (Å²) in [5, 5.41) is 2.69. The average Bonchev–Trinajstić information content (AvgIpc) is 2.64. The number of rotatable bonds is 6. The number of halogens is 1. The van der Waals surface area contributed by atoms with Crippen molar-refractivity contribution in [2.45, 2.75) is 39.2 Å². The Morgan fingerprint density at radius 1 is 1.22 bits per heavy atom. The summed E-state index contributed by atoms with van der Waals surface area (Å²) >= 11 is 0. The summed E-state index contributed by atoms with van der Waals surface area (Å²) in [5.74, 6) is -0.708. The molecule has 0 aliphatic carbocycles. The maximum absolute atomic E-state index is 12.9. The van der Waals surface area contributed by atoms with Crippen LogP contribution in [-0.4, -0.2) is 60.0 Å². The monoisotopic (exact) mass is 379 g/mol. The second-order valence-electron chi connectivity index (χ2n) is 6.43. The van der Waals surface area contributed by atoms with Gasteiger partial charge in [0.15, 0.2) is 0 Å². The Balaban J connectivity index is 1.83. The molecular formula is C19H26FN3O4. The van der Waals surface area contributed by atoms with Gasteiger partial charge in [0.25, 0.3) is 0 Å². The van der Waals surface area contributed by atoms with Crippen LogP contribution in [0.2, 0.25) is 0 Å². The van der Waals surface area contributed by atoms with Crippen LogP contribution in [0.15, 0.2) is 24.3 Å². The van der Waals surface area contributed by atoms with Crippen LogP contribution < -0.4 is 5.32 Å². The molecule has 27 heavy (non-hydrogen) atoms. The largest absolute Gasteiger partial charge is 0.450 e. The maximum Gasteiger partial charge on any atom is 0.409 e. The predicted molar refractivity (Wildman–Crippen MR) is 98.7 cm³/mol. The van der Waals surface area contributed by atoms with Crippen molar-refractivity contribution in [2.75, 3.05) is 31.6 Å². The molecule has 0 aromatic heterocycles. The van der Waals surface area contributed by atoms with Gasteiger partial charge in [-0.25, -0.2) is 9.18 Å². The second kappa shape index (κ2) is 9.89. The zero-order valence-corrected chi connectivity index (χ0v) is 15.7. The maximum atomic E-state index is 12.9. The topological polar surface area (TPSA) is 79.0 Å².